The molecular formula is C19H25BrN4O4. The number of rotatable bonds is 3. The number of carbonyl (C=O) groups excluding carboxylic acids is 3. The number of urea groups is 1. The summed E-state index contributed by atoms with van der Waals surface area (Å²) in [7, 11) is 0. The minimum absolute atomic E-state index is 0.0265. The Morgan fingerprint density at radius 2 is 1.82 bits per heavy atom. The zero-order valence-electron chi connectivity index (χ0n) is 16.2. The first-order valence-corrected chi connectivity index (χ1v) is 10.0. The van der Waals surface area contributed by atoms with Crippen LogP contribution >= 0.6 is 15.9 Å². The van der Waals surface area contributed by atoms with Gasteiger partial charge in [-0.05, 0) is 51.5 Å². The lowest BCUT2D eigenvalue weighted by atomic mass is 10.1. The Morgan fingerprint density at radius 3 is 2.43 bits per heavy atom. The van der Waals surface area contributed by atoms with Crippen molar-refractivity contribution >= 4 is 39.6 Å². The monoisotopic (exact) mass is 452 g/mol. The quantitative estimate of drug-likeness (QED) is 0.737. The fraction of sp³-hybridized carbons (Fsp3) is 0.526. The van der Waals surface area contributed by atoms with Gasteiger partial charge >= 0.3 is 12.1 Å². The average Bonchev–Trinajstić information content (AvgIpc) is 2.88. The van der Waals surface area contributed by atoms with Crippen LogP contribution in [0.15, 0.2) is 28.7 Å². The van der Waals surface area contributed by atoms with Crippen molar-refractivity contribution in [3.63, 3.8) is 0 Å². The lowest BCUT2D eigenvalue weighted by Gasteiger charge is -2.44. The maximum atomic E-state index is 12.6. The molecule has 9 heteroatoms. The molecule has 2 N–H and O–H groups in total. The third-order valence-corrected chi connectivity index (χ3v) is 5.13. The van der Waals surface area contributed by atoms with Crippen molar-refractivity contribution in [2.75, 3.05) is 25.0 Å². The van der Waals surface area contributed by atoms with Crippen LogP contribution in [0.25, 0.3) is 0 Å². The van der Waals surface area contributed by atoms with Crippen molar-refractivity contribution in [2.45, 2.75) is 44.9 Å². The number of likely N-dealkylation sites (tertiary alicyclic amines) is 2. The summed E-state index contributed by atoms with van der Waals surface area (Å²) < 4.78 is 6.25. The molecular weight excluding hydrogens is 428 g/mol. The van der Waals surface area contributed by atoms with E-state index >= 15 is 0 Å². The van der Waals surface area contributed by atoms with Crippen molar-refractivity contribution < 1.29 is 19.1 Å². The lowest BCUT2D eigenvalue weighted by molar-refractivity contribution is -0.134. The molecule has 1 aromatic rings. The predicted molar refractivity (Wildman–Crippen MR) is 108 cm³/mol. The first-order valence-electron chi connectivity index (χ1n) is 9.24. The van der Waals surface area contributed by atoms with Gasteiger partial charge in [0, 0.05) is 29.8 Å². The molecule has 1 unspecified atom stereocenters. The van der Waals surface area contributed by atoms with E-state index in [0.717, 1.165) is 4.47 Å². The molecule has 0 spiro atoms. The molecule has 2 heterocycles. The van der Waals surface area contributed by atoms with Crippen LogP contribution < -0.4 is 10.6 Å². The number of halogens is 1. The van der Waals surface area contributed by atoms with Gasteiger partial charge in [0.05, 0.1) is 6.04 Å². The zero-order chi connectivity index (χ0) is 20.5. The summed E-state index contributed by atoms with van der Waals surface area (Å²) in [6.07, 6.45) is 0.189. The number of anilines is 1. The summed E-state index contributed by atoms with van der Waals surface area (Å²) in [6, 6.07) is 6.20. The molecule has 4 amide bonds. The van der Waals surface area contributed by atoms with Crippen LogP contribution in [0.1, 0.15) is 27.2 Å². The minimum Gasteiger partial charge on any atom is -0.444 e. The topological polar surface area (TPSA) is 91.0 Å². The van der Waals surface area contributed by atoms with E-state index in [2.05, 4.69) is 26.6 Å². The molecule has 28 heavy (non-hydrogen) atoms. The molecule has 1 aromatic carbocycles. The largest absolute Gasteiger partial charge is 0.444 e. The van der Waals surface area contributed by atoms with Crippen LogP contribution in [-0.4, -0.2) is 65.2 Å². The molecule has 2 fully saturated rings. The van der Waals surface area contributed by atoms with E-state index in [1.54, 1.807) is 21.9 Å². The summed E-state index contributed by atoms with van der Waals surface area (Å²) in [6.45, 7) is 6.94. The summed E-state index contributed by atoms with van der Waals surface area (Å²) >= 11 is 3.34. The van der Waals surface area contributed by atoms with Crippen LogP contribution in [-0.2, 0) is 9.53 Å². The van der Waals surface area contributed by atoms with Crippen molar-refractivity contribution in [3.8, 4) is 0 Å². The van der Waals surface area contributed by atoms with Crippen molar-refractivity contribution in [1.29, 1.82) is 0 Å². The van der Waals surface area contributed by atoms with Gasteiger partial charge in [0.25, 0.3) is 0 Å². The second-order valence-electron chi connectivity index (χ2n) is 8.02. The van der Waals surface area contributed by atoms with E-state index in [4.69, 9.17) is 4.74 Å². The number of nitrogens with zero attached hydrogens (tertiary/aromatic N) is 2. The minimum atomic E-state index is -0.550. The van der Waals surface area contributed by atoms with Gasteiger partial charge in [-0.2, -0.15) is 0 Å². The summed E-state index contributed by atoms with van der Waals surface area (Å²) in [4.78, 5) is 40.1. The maximum absolute atomic E-state index is 12.6. The molecule has 0 aliphatic carbocycles. The predicted octanol–water partition coefficient (Wildman–Crippen LogP) is 2.79. The van der Waals surface area contributed by atoms with Crippen LogP contribution in [0.2, 0.25) is 0 Å². The van der Waals surface area contributed by atoms with Gasteiger partial charge in [0.1, 0.15) is 11.6 Å². The van der Waals surface area contributed by atoms with Crippen molar-refractivity contribution in [2.24, 2.45) is 0 Å². The first kappa shape index (κ1) is 20.4. The molecule has 2 aliphatic heterocycles. The normalized spacial score (nSPS) is 20.0. The number of benzene rings is 1. The number of carbonyl (C=O) groups is 3. The maximum Gasteiger partial charge on any atom is 0.410 e. The van der Waals surface area contributed by atoms with E-state index < -0.39 is 17.7 Å². The average molecular weight is 453 g/mol. The number of amides is 4. The lowest BCUT2D eigenvalue weighted by Crippen LogP contribution is -2.62. The molecule has 2 aliphatic rings. The van der Waals surface area contributed by atoms with Gasteiger partial charge in [0.15, 0.2) is 0 Å². The molecule has 152 valence electrons. The van der Waals surface area contributed by atoms with E-state index in [1.165, 1.54) is 0 Å². The molecule has 0 saturated carbocycles. The summed E-state index contributed by atoms with van der Waals surface area (Å²) in [5, 5.41) is 5.45. The third kappa shape index (κ3) is 4.95. The molecule has 8 nitrogen and oxygen atoms in total. The van der Waals surface area contributed by atoms with Crippen LogP contribution in [0.5, 0.6) is 0 Å². The molecule has 0 bridgehead atoms. The summed E-state index contributed by atoms with van der Waals surface area (Å²) in [5.74, 6) is -0.111. The SMILES string of the molecule is CC(C)(C)OC(=O)N1CC(N2CCC(NC(=O)Nc3ccc(Br)cc3)C2=O)C1. The Labute approximate surface area is 172 Å². The Hall–Kier alpha value is -2.29. The third-order valence-electron chi connectivity index (χ3n) is 4.60. The fourth-order valence-electron chi connectivity index (χ4n) is 3.19. The van der Waals surface area contributed by atoms with Crippen molar-refractivity contribution in [1.82, 2.24) is 15.1 Å². The zero-order valence-corrected chi connectivity index (χ0v) is 17.8. The number of nitrogens with one attached hydrogen (secondary N) is 2. The van der Waals surface area contributed by atoms with Gasteiger partial charge in [-0.1, -0.05) is 15.9 Å². The first-order chi connectivity index (χ1) is 13.1. The molecule has 2 saturated heterocycles. The van der Waals surface area contributed by atoms with E-state index in [-0.39, 0.29) is 18.0 Å². The Bertz CT molecular complexity index is 756. The Balaban J connectivity index is 1.46. The highest BCUT2D eigenvalue weighted by atomic mass is 79.9. The van der Waals surface area contributed by atoms with E-state index in [0.29, 0.717) is 31.7 Å². The number of hydrogen-bond acceptors (Lipinski definition) is 4. The second-order valence-corrected chi connectivity index (χ2v) is 8.93. The standard InChI is InChI=1S/C19H25BrN4O4/c1-19(2,3)28-18(27)23-10-14(11-23)24-9-8-15(16(24)25)22-17(26)21-13-6-4-12(20)5-7-13/h4-7,14-15H,8-11H2,1-3H3,(H2,21,22,26). The summed E-state index contributed by atoms with van der Waals surface area (Å²) in [5.41, 5.74) is 0.109. The van der Waals surface area contributed by atoms with E-state index in [1.807, 2.05) is 32.9 Å². The smallest absolute Gasteiger partial charge is 0.410 e. The number of hydrogen-bond donors (Lipinski definition) is 2. The van der Waals surface area contributed by atoms with Crippen LogP contribution in [0, 0.1) is 0 Å². The molecule has 0 aromatic heterocycles. The van der Waals surface area contributed by atoms with Gasteiger partial charge in [-0.15, -0.1) is 0 Å². The van der Waals surface area contributed by atoms with E-state index in [9.17, 15) is 14.4 Å². The second kappa shape index (κ2) is 7.98. The Kier molecular flexibility index (Phi) is 5.83. The highest BCUT2D eigenvalue weighted by Gasteiger charge is 2.43. The van der Waals surface area contributed by atoms with Gasteiger partial charge in [-0.25, -0.2) is 9.59 Å². The fourth-order valence-corrected chi connectivity index (χ4v) is 3.45. The molecule has 3 rings (SSSR count). The van der Waals surface area contributed by atoms with Crippen LogP contribution in [0.4, 0.5) is 15.3 Å². The Morgan fingerprint density at radius 1 is 1.18 bits per heavy atom. The highest BCUT2D eigenvalue weighted by Crippen LogP contribution is 2.23. The molecule has 1 atom stereocenters. The van der Waals surface area contributed by atoms with Crippen molar-refractivity contribution in [3.05, 3.63) is 28.7 Å². The van der Waals surface area contributed by atoms with Gasteiger partial charge in [0.2, 0.25) is 5.91 Å². The molecule has 0 radical (unpaired) electrons. The highest BCUT2D eigenvalue weighted by molar-refractivity contribution is 9.10. The van der Waals surface area contributed by atoms with Gasteiger partial charge < -0.3 is 25.2 Å². The van der Waals surface area contributed by atoms with Gasteiger partial charge in [-0.3, -0.25) is 4.79 Å². The van der Waals surface area contributed by atoms with Crippen LogP contribution in [0.3, 0.4) is 0 Å². The number of ether oxygens (including phenoxy) is 1.